The third-order valence-corrected chi connectivity index (χ3v) is 5.61. The first-order valence-corrected chi connectivity index (χ1v) is 8.63. The molecule has 1 heteroatoms. The van der Waals surface area contributed by atoms with Crippen LogP contribution in [0.1, 0.15) is 42.4 Å². The Morgan fingerprint density at radius 1 is 1.00 bits per heavy atom. The van der Waals surface area contributed by atoms with Crippen molar-refractivity contribution in [2.75, 3.05) is 6.61 Å². The SMILES string of the molecule is CC[C@@H]1OCC[C@@H]2Cc3ccccc3[C@H](c3ccccc3)[C@H]21. The minimum atomic E-state index is 0.400. The van der Waals surface area contributed by atoms with Gasteiger partial charge in [-0.25, -0.2) is 0 Å². The van der Waals surface area contributed by atoms with Crippen molar-refractivity contribution >= 4 is 0 Å². The van der Waals surface area contributed by atoms with Crippen molar-refractivity contribution in [3.63, 3.8) is 0 Å². The lowest BCUT2D eigenvalue weighted by atomic mass is 9.62. The largest absolute Gasteiger partial charge is 0.378 e. The molecular formula is C21H24O. The summed E-state index contributed by atoms with van der Waals surface area (Å²) in [7, 11) is 0. The topological polar surface area (TPSA) is 9.23 Å². The highest BCUT2D eigenvalue weighted by Gasteiger charge is 2.43. The van der Waals surface area contributed by atoms with E-state index < -0.39 is 0 Å². The predicted octanol–water partition coefficient (Wildman–Crippen LogP) is 4.81. The molecule has 2 aromatic carbocycles. The quantitative estimate of drug-likeness (QED) is 0.772. The van der Waals surface area contributed by atoms with Crippen LogP contribution in [0, 0.1) is 11.8 Å². The molecule has 0 unspecified atom stereocenters. The van der Waals surface area contributed by atoms with Gasteiger partial charge in [0.25, 0.3) is 0 Å². The molecule has 0 bridgehead atoms. The third-order valence-electron chi connectivity index (χ3n) is 5.61. The fourth-order valence-corrected chi connectivity index (χ4v) is 4.67. The second-order valence-corrected chi connectivity index (χ2v) is 6.73. The molecule has 4 rings (SSSR count). The van der Waals surface area contributed by atoms with Gasteiger partial charge in [-0.1, -0.05) is 61.5 Å². The van der Waals surface area contributed by atoms with Crippen molar-refractivity contribution in [3.05, 3.63) is 71.3 Å². The van der Waals surface area contributed by atoms with Gasteiger partial charge in [0, 0.05) is 12.5 Å². The Labute approximate surface area is 133 Å². The van der Waals surface area contributed by atoms with Crippen LogP contribution in [0.15, 0.2) is 54.6 Å². The maximum absolute atomic E-state index is 6.16. The Kier molecular flexibility index (Phi) is 3.75. The van der Waals surface area contributed by atoms with E-state index in [1.807, 2.05) is 0 Å². The van der Waals surface area contributed by atoms with Gasteiger partial charge >= 0.3 is 0 Å². The number of hydrogen-bond donors (Lipinski definition) is 0. The summed E-state index contributed by atoms with van der Waals surface area (Å²) in [5.74, 6) is 1.87. The smallest absolute Gasteiger partial charge is 0.0612 e. The highest BCUT2D eigenvalue weighted by molar-refractivity contribution is 5.42. The van der Waals surface area contributed by atoms with Crippen LogP contribution in [0.2, 0.25) is 0 Å². The summed E-state index contributed by atoms with van der Waals surface area (Å²) in [6.07, 6.45) is 3.95. The first-order chi connectivity index (χ1) is 10.9. The fourth-order valence-electron chi connectivity index (χ4n) is 4.67. The number of fused-ring (bicyclic) bond motifs is 2. The molecule has 22 heavy (non-hydrogen) atoms. The van der Waals surface area contributed by atoms with Crippen molar-refractivity contribution < 1.29 is 4.74 Å². The normalized spacial score (nSPS) is 30.4. The summed E-state index contributed by atoms with van der Waals surface area (Å²) < 4.78 is 6.16. The average Bonchev–Trinajstić information content (AvgIpc) is 2.59. The van der Waals surface area contributed by atoms with E-state index >= 15 is 0 Å². The zero-order valence-electron chi connectivity index (χ0n) is 13.2. The van der Waals surface area contributed by atoms with Crippen molar-refractivity contribution in [1.82, 2.24) is 0 Å². The summed E-state index contributed by atoms with van der Waals surface area (Å²) in [5.41, 5.74) is 4.53. The van der Waals surface area contributed by atoms with Crippen LogP contribution in [0.25, 0.3) is 0 Å². The van der Waals surface area contributed by atoms with Gasteiger partial charge in [-0.15, -0.1) is 0 Å². The summed E-state index contributed by atoms with van der Waals surface area (Å²) >= 11 is 0. The highest BCUT2D eigenvalue weighted by atomic mass is 16.5. The Balaban J connectivity index is 1.85. The molecule has 4 atom stereocenters. The summed E-state index contributed by atoms with van der Waals surface area (Å²) in [4.78, 5) is 0. The standard InChI is InChI=1S/C21H24O/c1-2-19-21-17(12-13-22-19)14-16-10-6-7-11-18(16)20(21)15-8-4-3-5-9-15/h3-11,17,19-21H,2,12-14H2,1H3/t17-,19+,20+,21-/m1/s1. The minimum absolute atomic E-state index is 0.400. The van der Waals surface area contributed by atoms with Gasteiger partial charge in [-0.05, 0) is 47.8 Å². The molecule has 1 aliphatic heterocycles. The number of ether oxygens (including phenoxy) is 1. The Bertz CT molecular complexity index is 633. The fraction of sp³-hybridized carbons (Fsp3) is 0.429. The van der Waals surface area contributed by atoms with Crippen molar-refractivity contribution in [1.29, 1.82) is 0 Å². The molecule has 1 aliphatic carbocycles. The van der Waals surface area contributed by atoms with Crippen LogP contribution in [-0.2, 0) is 11.2 Å². The summed E-state index contributed by atoms with van der Waals surface area (Å²) in [5, 5.41) is 0. The van der Waals surface area contributed by atoms with Crippen LogP contribution in [0.3, 0.4) is 0 Å². The first kappa shape index (κ1) is 14.0. The lowest BCUT2D eigenvalue weighted by Gasteiger charge is -2.46. The zero-order chi connectivity index (χ0) is 14.9. The molecule has 0 aromatic heterocycles. The minimum Gasteiger partial charge on any atom is -0.378 e. The molecule has 0 spiro atoms. The maximum atomic E-state index is 6.16. The molecule has 2 aromatic rings. The van der Waals surface area contributed by atoms with Gasteiger partial charge in [0.15, 0.2) is 0 Å². The van der Waals surface area contributed by atoms with Gasteiger partial charge in [0.1, 0.15) is 0 Å². The highest BCUT2D eigenvalue weighted by Crippen LogP contribution is 2.49. The molecule has 114 valence electrons. The van der Waals surface area contributed by atoms with E-state index in [9.17, 15) is 0 Å². The molecule has 0 saturated carbocycles. The van der Waals surface area contributed by atoms with E-state index in [0.29, 0.717) is 17.9 Å². The first-order valence-electron chi connectivity index (χ1n) is 8.63. The van der Waals surface area contributed by atoms with Crippen molar-refractivity contribution in [2.45, 2.75) is 38.2 Å². The van der Waals surface area contributed by atoms with E-state index in [0.717, 1.165) is 18.9 Å². The molecule has 1 fully saturated rings. The van der Waals surface area contributed by atoms with Gasteiger partial charge in [-0.2, -0.15) is 0 Å². The number of hydrogen-bond acceptors (Lipinski definition) is 1. The third kappa shape index (κ3) is 2.28. The van der Waals surface area contributed by atoms with Gasteiger partial charge in [0.2, 0.25) is 0 Å². The lowest BCUT2D eigenvalue weighted by molar-refractivity contribution is -0.0672. The second-order valence-electron chi connectivity index (χ2n) is 6.73. The number of rotatable bonds is 2. The van der Waals surface area contributed by atoms with E-state index in [-0.39, 0.29) is 0 Å². The summed E-state index contributed by atoms with van der Waals surface area (Å²) in [6.45, 7) is 3.21. The van der Waals surface area contributed by atoms with E-state index in [1.165, 1.54) is 24.0 Å². The molecule has 1 saturated heterocycles. The van der Waals surface area contributed by atoms with Crippen molar-refractivity contribution in [3.8, 4) is 0 Å². The van der Waals surface area contributed by atoms with Crippen LogP contribution < -0.4 is 0 Å². The summed E-state index contributed by atoms with van der Waals surface area (Å²) in [6, 6.07) is 20.1. The Hall–Kier alpha value is -1.60. The molecule has 0 amide bonds. The molecular weight excluding hydrogens is 268 g/mol. The molecule has 1 nitrogen and oxygen atoms in total. The van der Waals surface area contributed by atoms with Gasteiger partial charge < -0.3 is 4.74 Å². The predicted molar refractivity (Wildman–Crippen MR) is 90.1 cm³/mol. The van der Waals surface area contributed by atoms with E-state index in [4.69, 9.17) is 4.74 Å². The van der Waals surface area contributed by atoms with Crippen LogP contribution in [0.4, 0.5) is 0 Å². The van der Waals surface area contributed by atoms with E-state index in [2.05, 4.69) is 61.5 Å². The van der Waals surface area contributed by atoms with Crippen LogP contribution >= 0.6 is 0 Å². The van der Waals surface area contributed by atoms with Crippen LogP contribution in [-0.4, -0.2) is 12.7 Å². The van der Waals surface area contributed by atoms with Gasteiger partial charge in [0.05, 0.1) is 6.10 Å². The average molecular weight is 292 g/mol. The molecule has 0 N–H and O–H groups in total. The molecule has 1 heterocycles. The monoisotopic (exact) mass is 292 g/mol. The Morgan fingerprint density at radius 2 is 1.77 bits per heavy atom. The Morgan fingerprint density at radius 3 is 2.59 bits per heavy atom. The van der Waals surface area contributed by atoms with E-state index in [1.54, 1.807) is 5.56 Å². The molecule has 0 radical (unpaired) electrons. The number of benzene rings is 2. The maximum Gasteiger partial charge on any atom is 0.0612 e. The van der Waals surface area contributed by atoms with Crippen molar-refractivity contribution in [2.24, 2.45) is 11.8 Å². The lowest BCUT2D eigenvalue weighted by Crippen LogP contribution is -2.43. The zero-order valence-corrected chi connectivity index (χ0v) is 13.2. The molecule has 2 aliphatic rings. The second kappa shape index (κ2) is 5.89. The van der Waals surface area contributed by atoms with Crippen LogP contribution in [0.5, 0.6) is 0 Å². The van der Waals surface area contributed by atoms with Gasteiger partial charge in [-0.3, -0.25) is 0 Å².